The highest BCUT2D eigenvalue weighted by atomic mass is 16.3. The van der Waals surface area contributed by atoms with Gasteiger partial charge in [-0.3, -0.25) is 9.69 Å². The van der Waals surface area contributed by atoms with Crippen LogP contribution in [-0.4, -0.2) is 61.0 Å². The maximum absolute atomic E-state index is 12.1. The zero-order chi connectivity index (χ0) is 16.4. The minimum absolute atomic E-state index is 0.0903. The number of likely N-dealkylation sites (tertiary alicyclic amines) is 1. The predicted octanol–water partition coefficient (Wildman–Crippen LogP) is 2.21. The molecule has 1 N–H and O–H groups in total. The van der Waals surface area contributed by atoms with Gasteiger partial charge in [-0.25, -0.2) is 0 Å². The van der Waals surface area contributed by atoms with E-state index in [4.69, 9.17) is 4.42 Å². The van der Waals surface area contributed by atoms with Gasteiger partial charge in [-0.05, 0) is 69.3 Å². The Hall–Kier alpha value is -1.33. The molecule has 1 aromatic heterocycles. The summed E-state index contributed by atoms with van der Waals surface area (Å²) in [7, 11) is 0. The summed E-state index contributed by atoms with van der Waals surface area (Å²) in [5.74, 6) is 1.98. The number of nitrogens with one attached hydrogen (secondary N) is 1. The van der Waals surface area contributed by atoms with Crippen molar-refractivity contribution >= 4 is 5.91 Å². The van der Waals surface area contributed by atoms with Crippen LogP contribution >= 0.6 is 0 Å². The van der Waals surface area contributed by atoms with E-state index in [1.807, 2.05) is 0 Å². The highest BCUT2D eigenvalue weighted by molar-refractivity contribution is 5.91. The van der Waals surface area contributed by atoms with Gasteiger partial charge in [0.25, 0.3) is 5.91 Å². The monoisotopic (exact) mass is 331 g/mol. The number of rotatable bonds is 5. The van der Waals surface area contributed by atoms with E-state index >= 15 is 0 Å². The molecule has 4 aliphatic rings. The SMILES string of the molecule is O=C(NC[C@H]1C[C@@H]2CCN1C[C@@H]2CN1CCCCC1)c1ccco1. The Bertz CT molecular complexity index is 539. The quantitative estimate of drug-likeness (QED) is 0.899. The largest absolute Gasteiger partial charge is 0.459 e. The molecule has 5 nitrogen and oxygen atoms in total. The molecule has 132 valence electrons. The lowest BCUT2D eigenvalue weighted by atomic mass is 9.75. The predicted molar refractivity (Wildman–Crippen MR) is 92.9 cm³/mol. The summed E-state index contributed by atoms with van der Waals surface area (Å²) in [6.07, 6.45) is 8.28. The summed E-state index contributed by atoms with van der Waals surface area (Å²) in [6, 6.07) is 3.98. The standard InChI is InChI=1S/C19H29N3O2/c23-19(18-5-4-10-24-18)20-12-17-11-15-6-9-22(17)14-16(15)13-21-7-2-1-3-8-21/h4-5,10,15-17H,1-3,6-9,11-14H2,(H,20,23)/t15-,16-,17+/m0/s1. The molecule has 5 heteroatoms. The van der Waals surface area contributed by atoms with Crippen LogP contribution in [-0.2, 0) is 0 Å². The molecule has 24 heavy (non-hydrogen) atoms. The van der Waals surface area contributed by atoms with Crippen molar-refractivity contribution in [1.29, 1.82) is 0 Å². The molecule has 0 aromatic carbocycles. The molecule has 2 bridgehead atoms. The number of piperidine rings is 4. The smallest absolute Gasteiger partial charge is 0.287 e. The van der Waals surface area contributed by atoms with Crippen molar-refractivity contribution in [3.8, 4) is 0 Å². The maximum atomic E-state index is 12.1. The molecule has 4 fully saturated rings. The van der Waals surface area contributed by atoms with Crippen molar-refractivity contribution in [2.45, 2.75) is 38.1 Å². The fourth-order valence-corrected chi connectivity index (χ4v) is 4.85. The van der Waals surface area contributed by atoms with Crippen molar-refractivity contribution in [2.24, 2.45) is 11.8 Å². The van der Waals surface area contributed by atoms with E-state index in [-0.39, 0.29) is 5.91 Å². The lowest BCUT2D eigenvalue weighted by Gasteiger charge is -2.51. The van der Waals surface area contributed by atoms with Crippen molar-refractivity contribution in [1.82, 2.24) is 15.1 Å². The molecular weight excluding hydrogens is 302 g/mol. The normalized spacial score (nSPS) is 33.5. The summed E-state index contributed by atoms with van der Waals surface area (Å²) >= 11 is 0. The minimum atomic E-state index is -0.0903. The second-order valence-electron chi connectivity index (χ2n) is 7.74. The molecule has 0 spiro atoms. The topological polar surface area (TPSA) is 48.7 Å². The average Bonchev–Trinajstić information content (AvgIpc) is 3.16. The van der Waals surface area contributed by atoms with Gasteiger partial charge < -0.3 is 14.6 Å². The average molecular weight is 331 g/mol. The first-order chi connectivity index (χ1) is 11.8. The van der Waals surface area contributed by atoms with Gasteiger partial charge in [0, 0.05) is 25.7 Å². The van der Waals surface area contributed by atoms with Crippen molar-refractivity contribution in [2.75, 3.05) is 39.3 Å². The van der Waals surface area contributed by atoms with Gasteiger partial charge in [0.1, 0.15) is 0 Å². The van der Waals surface area contributed by atoms with Gasteiger partial charge in [-0.15, -0.1) is 0 Å². The van der Waals surface area contributed by atoms with Crippen molar-refractivity contribution in [3.63, 3.8) is 0 Å². The van der Waals surface area contributed by atoms with E-state index < -0.39 is 0 Å². The maximum Gasteiger partial charge on any atom is 0.287 e. The van der Waals surface area contributed by atoms with Gasteiger partial charge in [0.15, 0.2) is 5.76 Å². The summed E-state index contributed by atoms with van der Waals surface area (Å²) < 4.78 is 5.17. The fourth-order valence-electron chi connectivity index (χ4n) is 4.85. The minimum Gasteiger partial charge on any atom is -0.459 e. The van der Waals surface area contributed by atoms with Crippen LogP contribution in [0.15, 0.2) is 22.8 Å². The Balaban J connectivity index is 1.27. The summed E-state index contributed by atoms with van der Waals surface area (Å²) in [5, 5.41) is 3.05. The Labute approximate surface area is 144 Å². The van der Waals surface area contributed by atoms with E-state index in [2.05, 4.69) is 15.1 Å². The summed E-state index contributed by atoms with van der Waals surface area (Å²) in [5.41, 5.74) is 0. The molecule has 0 saturated carbocycles. The van der Waals surface area contributed by atoms with Crippen LogP contribution in [0, 0.1) is 11.8 Å². The lowest BCUT2D eigenvalue weighted by Crippen LogP contribution is -2.58. The fraction of sp³-hybridized carbons (Fsp3) is 0.737. The molecule has 0 radical (unpaired) electrons. The highest BCUT2D eigenvalue weighted by Crippen LogP contribution is 2.36. The second-order valence-corrected chi connectivity index (χ2v) is 7.74. The third-order valence-electron chi connectivity index (χ3n) is 6.20. The molecule has 1 aromatic rings. The van der Waals surface area contributed by atoms with Gasteiger partial charge in [-0.1, -0.05) is 6.42 Å². The van der Waals surface area contributed by atoms with Gasteiger partial charge in [0.05, 0.1) is 6.26 Å². The van der Waals surface area contributed by atoms with Crippen LogP contribution in [0.25, 0.3) is 0 Å². The molecule has 4 atom stereocenters. The summed E-state index contributed by atoms with van der Waals surface area (Å²) in [4.78, 5) is 17.3. The molecule has 0 aliphatic carbocycles. The Morgan fingerprint density at radius 3 is 2.83 bits per heavy atom. The summed E-state index contributed by atoms with van der Waals surface area (Å²) in [6.45, 7) is 7.03. The third kappa shape index (κ3) is 3.52. The van der Waals surface area contributed by atoms with E-state index in [9.17, 15) is 4.79 Å². The van der Waals surface area contributed by atoms with E-state index in [0.29, 0.717) is 11.8 Å². The number of hydrogen-bond acceptors (Lipinski definition) is 4. The van der Waals surface area contributed by atoms with Gasteiger partial charge in [0.2, 0.25) is 0 Å². The first kappa shape index (κ1) is 16.2. The van der Waals surface area contributed by atoms with E-state index in [0.717, 1.165) is 18.4 Å². The zero-order valence-corrected chi connectivity index (χ0v) is 14.5. The third-order valence-corrected chi connectivity index (χ3v) is 6.20. The first-order valence-electron chi connectivity index (χ1n) is 9.58. The second kappa shape index (κ2) is 7.28. The molecule has 1 amide bonds. The van der Waals surface area contributed by atoms with Crippen LogP contribution in [0.1, 0.15) is 42.7 Å². The zero-order valence-electron chi connectivity index (χ0n) is 14.5. The highest BCUT2D eigenvalue weighted by Gasteiger charge is 2.40. The van der Waals surface area contributed by atoms with Crippen LogP contribution in [0.5, 0.6) is 0 Å². The Morgan fingerprint density at radius 1 is 1.25 bits per heavy atom. The number of carbonyl (C=O) groups is 1. The van der Waals surface area contributed by atoms with Gasteiger partial charge in [-0.2, -0.15) is 0 Å². The number of amides is 1. The number of hydrogen-bond donors (Lipinski definition) is 1. The Morgan fingerprint density at radius 2 is 2.12 bits per heavy atom. The number of furan rings is 1. The molecule has 1 unspecified atom stereocenters. The van der Waals surface area contributed by atoms with Crippen molar-refractivity contribution in [3.05, 3.63) is 24.2 Å². The van der Waals surface area contributed by atoms with E-state index in [1.54, 1.807) is 18.4 Å². The molecule has 5 rings (SSSR count). The molecule has 4 aliphatic heterocycles. The Kier molecular flexibility index (Phi) is 4.90. The van der Waals surface area contributed by atoms with Crippen molar-refractivity contribution < 1.29 is 9.21 Å². The van der Waals surface area contributed by atoms with Crippen LogP contribution in [0.4, 0.5) is 0 Å². The molecule has 4 saturated heterocycles. The lowest BCUT2D eigenvalue weighted by molar-refractivity contribution is -0.0135. The molecular formula is C19H29N3O2. The molecule has 5 heterocycles. The van der Waals surface area contributed by atoms with Crippen LogP contribution in [0.2, 0.25) is 0 Å². The number of nitrogens with zero attached hydrogens (tertiary/aromatic N) is 2. The number of carbonyl (C=O) groups excluding carboxylic acids is 1. The van der Waals surface area contributed by atoms with Gasteiger partial charge >= 0.3 is 0 Å². The first-order valence-corrected chi connectivity index (χ1v) is 9.58. The van der Waals surface area contributed by atoms with Crippen LogP contribution < -0.4 is 5.32 Å². The van der Waals surface area contributed by atoms with Crippen LogP contribution in [0.3, 0.4) is 0 Å². The number of fused-ring (bicyclic) bond motifs is 3. The van der Waals surface area contributed by atoms with E-state index in [1.165, 1.54) is 64.8 Å².